The Balaban J connectivity index is 3.09. The Hall–Kier alpha value is -0.0500. The lowest BCUT2D eigenvalue weighted by Gasteiger charge is -2.05. The van der Waals surface area contributed by atoms with Crippen molar-refractivity contribution in [3.63, 3.8) is 0 Å². The quantitative estimate of drug-likeness (QED) is 0.205. The number of ether oxygens (including phenoxy) is 1. The van der Waals surface area contributed by atoms with E-state index >= 15 is 0 Å². The fraction of sp³-hybridized carbons (Fsp3) is 0.941. The smallest absolute Gasteiger partial charge is 0.305 e. The van der Waals surface area contributed by atoms with Crippen LogP contribution in [-0.4, -0.2) is 17.9 Å². The molecule has 20 heavy (non-hydrogen) atoms. The van der Waals surface area contributed by atoms with Gasteiger partial charge in [-0.2, -0.15) is 0 Å². The van der Waals surface area contributed by atoms with Crippen molar-refractivity contribution >= 4 is 21.9 Å². The van der Waals surface area contributed by atoms with Gasteiger partial charge in [0, 0.05) is 11.8 Å². The number of carbonyl (C=O) groups excluding carboxylic acids is 1. The predicted molar refractivity (Wildman–Crippen MR) is 90.4 cm³/mol. The molecular formula is C17H33BrO2. The number of carbonyl (C=O) groups is 1. The summed E-state index contributed by atoms with van der Waals surface area (Å²) < 4.78 is 5.24. The third-order valence-corrected chi connectivity index (χ3v) is 4.09. The van der Waals surface area contributed by atoms with Crippen molar-refractivity contribution in [2.75, 3.05) is 11.9 Å². The SMILES string of the molecule is CCCCCCC(=O)OCCCCCCCCCCBr. The lowest BCUT2D eigenvalue weighted by molar-refractivity contribution is -0.143. The van der Waals surface area contributed by atoms with Crippen LogP contribution in [-0.2, 0) is 9.53 Å². The number of hydrogen-bond acceptors (Lipinski definition) is 2. The van der Waals surface area contributed by atoms with Crippen LogP contribution in [0.5, 0.6) is 0 Å². The van der Waals surface area contributed by atoms with Gasteiger partial charge >= 0.3 is 5.97 Å². The normalized spacial score (nSPS) is 10.7. The number of rotatable bonds is 15. The fourth-order valence-corrected chi connectivity index (χ4v) is 2.61. The predicted octanol–water partition coefficient (Wildman–Crippen LogP) is 6.02. The van der Waals surface area contributed by atoms with Crippen LogP contribution < -0.4 is 0 Å². The molecule has 0 rings (SSSR count). The highest BCUT2D eigenvalue weighted by atomic mass is 79.9. The van der Waals surface area contributed by atoms with Gasteiger partial charge in [0.2, 0.25) is 0 Å². The average molecular weight is 349 g/mol. The molecule has 0 saturated carbocycles. The number of hydrogen-bond donors (Lipinski definition) is 0. The van der Waals surface area contributed by atoms with Gasteiger partial charge in [0.15, 0.2) is 0 Å². The van der Waals surface area contributed by atoms with Crippen molar-refractivity contribution in [1.82, 2.24) is 0 Å². The Morgan fingerprint density at radius 1 is 0.800 bits per heavy atom. The summed E-state index contributed by atoms with van der Waals surface area (Å²) in [5.74, 6) is -0.00382. The van der Waals surface area contributed by atoms with Gasteiger partial charge < -0.3 is 4.74 Å². The zero-order valence-electron chi connectivity index (χ0n) is 13.3. The largest absolute Gasteiger partial charge is 0.466 e. The molecule has 0 aromatic carbocycles. The van der Waals surface area contributed by atoms with Crippen LogP contribution in [0.15, 0.2) is 0 Å². The first-order valence-electron chi connectivity index (χ1n) is 8.52. The van der Waals surface area contributed by atoms with Gasteiger partial charge in [0.05, 0.1) is 6.61 Å². The van der Waals surface area contributed by atoms with E-state index in [9.17, 15) is 4.79 Å². The second-order valence-electron chi connectivity index (χ2n) is 5.55. The molecule has 0 unspecified atom stereocenters. The molecule has 0 fully saturated rings. The summed E-state index contributed by atoms with van der Waals surface area (Å²) in [5, 5.41) is 1.14. The van der Waals surface area contributed by atoms with Crippen molar-refractivity contribution in [3.8, 4) is 0 Å². The molecule has 0 aliphatic heterocycles. The lowest BCUT2D eigenvalue weighted by atomic mass is 10.1. The summed E-state index contributed by atoms with van der Waals surface area (Å²) in [6.45, 7) is 2.80. The molecule has 0 aliphatic rings. The van der Waals surface area contributed by atoms with Crippen LogP contribution in [0.1, 0.15) is 90.4 Å². The van der Waals surface area contributed by atoms with Crippen molar-refractivity contribution < 1.29 is 9.53 Å². The number of halogens is 1. The van der Waals surface area contributed by atoms with Crippen LogP contribution in [0, 0.1) is 0 Å². The molecule has 0 aromatic rings. The molecule has 0 heterocycles. The molecule has 120 valence electrons. The second-order valence-corrected chi connectivity index (χ2v) is 6.34. The Kier molecular flexibility index (Phi) is 17.0. The highest BCUT2D eigenvalue weighted by Gasteiger charge is 2.01. The lowest BCUT2D eigenvalue weighted by Crippen LogP contribution is -2.05. The van der Waals surface area contributed by atoms with E-state index in [1.165, 1.54) is 57.8 Å². The molecule has 0 aromatic heterocycles. The van der Waals surface area contributed by atoms with Crippen LogP contribution in [0.25, 0.3) is 0 Å². The molecule has 0 spiro atoms. The molecular weight excluding hydrogens is 316 g/mol. The topological polar surface area (TPSA) is 26.3 Å². The molecule has 0 amide bonds. The Labute approximate surface area is 134 Å². The number of esters is 1. The molecule has 0 saturated heterocycles. The zero-order chi connectivity index (χ0) is 14.9. The van der Waals surface area contributed by atoms with E-state index in [-0.39, 0.29) is 5.97 Å². The highest BCUT2D eigenvalue weighted by molar-refractivity contribution is 9.09. The molecule has 0 radical (unpaired) electrons. The van der Waals surface area contributed by atoms with Crippen LogP contribution >= 0.6 is 15.9 Å². The van der Waals surface area contributed by atoms with Gasteiger partial charge in [-0.05, 0) is 19.3 Å². The molecule has 3 heteroatoms. The van der Waals surface area contributed by atoms with E-state index in [1.54, 1.807) is 0 Å². The van der Waals surface area contributed by atoms with Gasteiger partial charge in [0.1, 0.15) is 0 Å². The Bertz CT molecular complexity index is 207. The minimum Gasteiger partial charge on any atom is -0.466 e. The van der Waals surface area contributed by atoms with Crippen LogP contribution in [0.4, 0.5) is 0 Å². The third-order valence-electron chi connectivity index (χ3n) is 3.53. The molecule has 0 bridgehead atoms. The van der Waals surface area contributed by atoms with E-state index in [4.69, 9.17) is 4.74 Å². The van der Waals surface area contributed by atoms with E-state index in [0.717, 1.165) is 24.6 Å². The Morgan fingerprint density at radius 3 is 1.95 bits per heavy atom. The summed E-state index contributed by atoms with van der Waals surface area (Å²) in [4.78, 5) is 11.4. The molecule has 0 N–H and O–H groups in total. The average Bonchev–Trinajstić information content (AvgIpc) is 2.45. The van der Waals surface area contributed by atoms with E-state index in [2.05, 4.69) is 22.9 Å². The Morgan fingerprint density at radius 2 is 1.35 bits per heavy atom. The van der Waals surface area contributed by atoms with E-state index in [0.29, 0.717) is 13.0 Å². The van der Waals surface area contributed by atoms with Crippen molar-refractivity contribution in [2.45, 2.75) is 90.4 Å². The molecule has 2 nitrogen and oxygen atoms in total. The van der Waals surface area contributed by atoms with Crippen LogP contribution in [0.3, 0.4) is 0 Å². The second kappa shape index (κ2) is 17.0. The zero-order valence-corrected chi connectivity index (χ0v) is 14.9. The van der Waals surface area contributed by atoms with Crippen molar-refractivity contribution in [1.29, 1.82) is 0 Å². The van der Waals surface area contributed by atoms with Gasteiger partial charge in [0.25, 0.3) is 0 Å². The molecule has 0 aliphatic carbocycles. The maximum Gasteiger partial charge on any atom is 0.305 e. The molecule has 0 atom stereocenters. The summed E-state index contributed by atoms with van der Waals surface area (Å²) in [7, 11) is 0. The number of unbranched alkanes of at least 4 members (excludes halogenated alkanes) is 10. The third kappa shape index (κ3) is 16.0. The summed E-state index contributed by atoms with van der Waals surface area (Å²) in [5.41, 5.74) is 0. The van der Waals surface area contributed by atoms with Gasteiger partial charge in [-0.15, -0.1) is 0 Å². The van der Waals surface area contributed by atoms with Gasteiger partial charge in [-0.3, -0.25) is 4.79 Å². The summed E-state index contributed by atoms with van der Waals surface area (Å²) >= 11 is 3.45. The fourth-order valence-electron chi connectivity index (χ4n) is 2.21. The summed E-state index contributed by atoms with van der Waals surface area (Å²) in [6, 6.07) is 0. The first kappa shape index (κ1) is 19.9. The maximum absolute atomic E-state index is 11.4. The first-order valence-corrected chi connectivity index (χ1v) is 9.65. The number of alkyl halides is 1. The summed E-state index contributed by atoms with van der Waals surface area (Å²) in [6.07, 6.45) is 15.4. The van der Waals surface area contributed by atoms with Gasteiger partial charge in [-0.1, -0.05) is 80.6 Å². The van der Waals surface area contributed by atoms with Gasteiger partial charge in [-0.25, -0.2) is 0 Å². The van der Waals surface area contributed by atoms with Crippen molar-refractivity contribution in [3.05, 3.63) is 0 Å². The minimum atomic E-state index is -0.00382. The highest BCUT2D eigenvalue weighted by Crippen LogP contribution is 2.09. The first-order chi connectivity index (χ1) is 9.81. The van der Waals surface area contributed by atoms with E-state index in [1.807, 2.05) is 0 Å². The van der Waals surface area contributed by atoms with Crippen molar-refractivity contribution in [2.24, 2.45) is 0 Å². The maximum atomic E-state index is 11.4. The van der Waals surface area contributed by atoms with Crippen LogP contribution in [0.2, 0.25) is 0 Å². The monoisotopic (exact) mass is 348 g/mol. The minimum absolute atomic E-state index is 0.00382. The van der Waals surface area contributed by atoms with E-state index < -0.39 is 0 Å². The standard InChI is InChI=1S/C17H33BrO2/c1-2-3-4-11-14-17(19)20-16-13-10-8-6-5-7-9-12-15-18/h2-16H2,1H3.